The quantitative estimate of drug-likeness (QED) is 0.670. The van der Waals surface area contributed by atoms with Crippen molar-refractivity contribution in [3.63, 3.8) is 0 Å². The first-order valence-corrected chi connectivity index (χ1v) is 6.50. The molecule has 0 amide bonds. The molecule has 4 heteroatoms. The van der Waals surface area contributed by atoms with E-state index >= 15 is 0 Å². The van der Waals surface area contributed by atoms with Crippen molar-refractivity contribution in [2.24, 2.45) is 0 Å². The SMILES string of the molecule is Clc1ccc(Oc2c(Br)cccc2Br)cc1. The van der Waals surface area contributed by atoms with Gasteiger partial charge in [0.25, 0.3) is 0 Å². The van der Waals surface area contributed by atoms with Crippen molar-refractivity contribution in [1.29, 1.82) is 0 Å². The summed E-state index contributed by atoms with van der Waals surface area (Å²) in [5.41, 5.74) is 0. The molecule has 0 aromatic heterocycles. The average Bonchev–Trinajstić information content (AvgIpc) is 2.26. The van der Waals surface area contributed by atoms with Gasteiger partial charge in [0, 0.05) is 5.02 Å². The normalized spacial score (nSPS) is 10.2. The summed E-state index contributed by atoms with van der Waals surface area (Å²) in [5, 5.41) is 0.693. The Kier molecular flexibility index (Phi) is 3.90. The first kappa shape index (κ1) is 12.0. The summed E-state index contributed by atoms with van der Waals surface area (Å²) < 4.78 is 7.54. The van der Waals surface area contributed by atoms with E-state index in [4.69, 9.17) is 16.3 Å². The minimum atomic E-state index is 0.693. The smallest absolute Gasteiger partial charge is 0.155 e. The lowest BCUT2D eigenvalue weighted by molar-refractivity contribution is 0.476. The topological polar surface area (TPSA) is 9.23 Å². The predicted octanol–water partition coefficient (Wildman–Crippen LogP) is 5.66. The van der Waals surface area contributed by atoms with Crippen LogP contribution < -0.4 is 4.74 Å². The molecular weight excluding hydrogens is 355 g/mol. The molecule has 0 aliphatic heterocycles. The fourth-order valence-electron chi connectivity index (χ4n) is 1.20. The molecule has 0 fully saturated rings. The van der Waals surface area contributed by atoms with Crippen molar-refractivity contribution in [3.05, 3.63) is 56.4 Å². The molecule has 2 aromatic rings. The van der Waals surface area contributed by atoms with Crippen LogP contribution in [0.25, 0.3) is 0 Å². The maximum absolute atomic E-state index is 5.80. The molecule has 0 saturated heterocycles. The summed E-state index contributed by atoms with van der Waals surface area (Å²) in [5.74, 6) is 1.50. The fourth-order valence-corrected chi connectivity index (χ4v) is 2.49. The zero-order valence-corrected chi connectivity index (χ0v) is 12.0. The van der Waals surface area contributed by atoms with Gasteiger partial charge in [0.05, 0.1) is 8.95 Å². The van der Waals surface area contributed by atoms with E-state index in [1.807, 2.05) is 30.3 Å². The van der Waals surface area contributed by atoms with E-state index in [2.05, 4.69) is 31.9 Å². The maximum atomic E-state index is 5.80. The minimum Gasteiger partial charge on any atom is -0.455 e. The third kappa shape index (κ3) is 2.78. The van der Waals surface area contributed by atoms with E-state index in [0.29, 0.717) is 5.02 Å². The van der Waals surface area contributed by atoms with E-state index in [0.717, 1.165) is 20.4 Å². The molecule has 1 nitrogen and oxygen atoms in total. The highest BCUT2D eigenvalue weighted by molar-refractivity contribution is 9.11. The number of para-hydroxylation sites is 1. The summed E-state index contributed by atoms with van der Waals surface area (Å²) in [6, 6.07) is 13.0. The standard InChI is InChI=1S/C12H7Br2ClO/c13-10-2-1-3-11(14)12(10)16-9-6-4-8(15)5-7-9/h1-7H. The van der Waals surface area contributed by atoms with Gasteiger partial charge in [-0.1, -0.05) is 17.7 Å². The minimum absolute atomic E-state index is 0.693. The summed E-state index contributed by atoms with van der Waals surface area (Å²) in [7, 11) is 0. The summed E-state index contributed by atoms with van der Waals surface area (Å²) >= 11 is 12.7. The predicted molar refractivity (Wildman–Crippen MR) is 73.4 cm³/mol. The van der Waals surface area contributed by atoms with Gasteiger partial charge in [-0.3, -0.25) is 0 Å². The molecule has 0 radical (unpaired) electrons. The van der Waals surface area contributed by atoms with Crippen LogP contribution in [0.5, 0.6) is 11.5 Å². The van der Waals surface area contributed by atoms with Gasteiger partial charge in [-0.05, 0) is 68.3 Å². The van der Waals surface area contributed by atoms with Crippen LogP contribution in [-0.4, -0.2) is 0 Å². The molecule has 0 atom stereocenters. The van der Waals surface area contributed by atoms with Crippen LogP contribution in [0.3, 0.4) is 0 Å². The van der Waals surface area contributed by atoms with E-state index in [-0.39, 0.29) is 0 Å². The van der Waals surface area contributed by atoms with Crippen molar-refractivity contribution in [2.45, 2.75) is 0 Å². The van der Waals surface area contributed by atoms with E-state index in [1.54, 1.807) is 12.1 Å². The Balaban J connectivity index is 2.30. The number of hydrogen-bond acceptors (Lipinski definition) is 1. The van der Waals surface area contributed by atoms with Crippen molar-refractivity contribution in [2.75, 3.05) is 0 Å². The molecule has 16 heavy (non-hydrogen) atoms. The van der Waals surface area contributed by atoms with Gasteiger partial charge in [-0.15, -0.1) is 0 Å². The van der Waals surface area contributed by atoms with Crippen LogP contribution in [0.1, 0.15) is 0 Å². The van der Waals surface area contributed by atoms with Gasteiger partial charge >= 0.3 is 0 Å². The monoisotopic (exact) mass is 360 g/mol. The van der Waals surface area contributed by atoms with Gasteiger partial charge in [-0.25, -0.2) is 0 Å². The second-order valence-electron chi connectivity index (χ2n) is 3.11. The number of rotatable bonds is 2. The third-order valence-corrected chi connectivity index (χ3v) is 3.45. The molecular formula is C12H7Br2ClO. The Morgan fingerprint density at radius 3 is 2.00 bits per heavy atom. The third-order valence-electron chi connectivity index (χ3n) is 1.95. The molecule has 0 N–H and O–H groups in total. The van der Waals surface area contributed by atoms with Crippen LogP contribution in [-0.2, 0) is 0 Å². The van der Waals surface area contributed by atoms with E-state index < -0.39 is 0 Å². The summed E-state index contributed by atoms with van der Waals surface area (Å²) in [6.45, 7) is 0. The van der Waals surface area contributed by atoms with E-state index in [9.17, 15) is 0 Å². The summed E-state index contributed by atoms with van der Waals surface area (Å²) in [4.78, 5) is 0. The zero-order valence-electron chi connectivity index (χ0n) is 8.08. The van der Waals surface area contributed by atoms with E-state index in [1.165, 1.54) is 0 Å². The van der Waals surface area contributed by atoms with Crippen molar-refractivity contribution in [3.8, 4) is 11.5 Å². The fraction of sp³-hybridized carbons (Fsp3) is 0. The number of benzene rings is 2. The molecule has 82 valence electrons. The van der Waals surface area contributed by atoms with Gasteiger partial charge in [0.15, 0.2) is 5.75 Å². The zero-order chi connectivity index (χ0) is 11.5. The van der Waals surface area contributed by atoms with Crippen molar-refractivity contribution >= 4 is 43.5 Å². The highest BCUT2D eigenvalue weighted by Crippen LogP contribution is 2.36. The Morgan fingerprint density at radius 1 is 0.875 bits per heavy atom. The Bertz CT molecular complexity index is 477. The molecule has 0 spiro atoms. The summed E-state index contributed by atoms with van der Waals surface area (Å²) in [6.07, 6.45) is 0. The molecule has 0 aliphatic rings. The average molecular weight is 362 g/mol. The Labute approximate surface area is 116 Å². The number of ether oxygens (including phenoxy) is 1. The van der Waals surface area contributed by atoms with Crippen LogP contribution in [0.2, 0.25) is 5.02 Å². The van der Waals surface area contributed by atoms with Gasteiger partial charge in [0.2, 0.25) is 0 Å². The largest absolute Gasteiger partial charge is 0.455 e. The molecule has 2 aromatic carbocycles. The van der Waals surface area contributed by atoms with Crippen LogP contribution in [0.4, 0.5) is 0 Å². The first-order chi connectivity index (χ1) is 7.66. The van der Waals surface area contributed by atoms with Crippen molar-refractivity contribution < 1.29 is 4.74 Å². The molecule has 0 heterocycles. The second-order valence-corrected chi connectivity index (χ2v) is 5.25. The molecule has 0 saturated carbocycles. The lowest BCUT2D eigenvalue weighted by atomic mass is 10.3. The molecule has 0 unspecified atom stereocenters. The van der Waals surface area contributed by atoms with Crippen molar-refractivity contribution in [1.82, 2.24) is 0 Å². The second kappa shape index (κ2) is 5.21. The highest BCUT2D eigenvalue weighted by Gasteiger charge is 2.06. The van der Waals surface area contributed by atoms with Gasteiger partial charge in [0.1, 0.15) is 5.75 Å². The van der Waals surface area contributed by atoms with Crippen LogP contribution >= 0.6 is 43.5 Å². The lowest BCUT2D eigenvalue weighted by Crippen LogP contribution is -1.86. The number of hydrogen-bond donors (Lipinski definition) is 0. The molecule has 0 aliphatic carbocycles. The van der Waals surface area contributed by atoms with Crippen LogP contribution in [0, 0.1) is 0 Å². The first-order valence-electron chi connectivity index (χ1n) is 4.54. The Hall–Kier alpha value is -0.510. The van der Waals surface area contributed by atoms with Gasteiger partial charge < -0.3 is 4.74 Å². The van der Waals surface area contributed by atoms with Gasteiger partial charge in [-0.2, -0.15) is 0 Å². The number of halogens is 3. The highest BCUT2D eigenvalue weighted by atomic mass is 79.9. The maximum Gasteiger partial charge on any atom is 0.155 e. The lowest BCUT2D eigenvalue weighted by Gasteiger charge is -2.09. The van der Waals surface area contributed by atoms with Crippen LogP contribution in [0.15, 0.2) is 51.4 Å². The Morgan fingerprint density at radius 2 is 1.44 bits per heavy atom. The molecule has 2 rings (SSSR count). The molecule has 0 bridgehead atoms.